The summed E-state index contributed by atoms with van der Waals surface area (Å²) < 4.78 is 59.7. The van der Waals surface area contributed by atoms with E-state index >= 15 is 0 Å². The van der Waals surface area contributed by atoms with E-state index in [1.807, 2.05) is 0 Å². The first kappa shape index (κ1) is 55.7. The van der Waals surface area contributed by atoms with Gasteiger partial charge in [0.15, 0.2) is 0 Å². The Bertz CT molecular complexity index is 698. The van der Waals surface area contributed by atoms with Gasteiger partial charge in [-0.1, -0.05) is 45.6 Å². The fourth-order valence-corrected chi connectivity index (χ4v) is 6.48. The van der Waals surface area contributed by atoms with Crippen molar-refractivity contribution in [2.24, 2.45) is 0 Å². The normalized spacial score (nSPS) is 12.5. The van der Waals surface area contributed by atoms with Crippen LogP contribution in [0.4, 0.5) is 0 Å². The Balaban J connectivity index is -0.0000000692. The van der Waals surface area contributed by atoms with E-state index < -0.39 is 81.6 Å². The molecule has 0 amide bonds. The number of aliphatic hydroxyl groups excluding tert-OH is 3. The SMILES string of the molecule is O=P([O-])([O-])C(CO)P(=O)([O-])[O-].O=P([O-])([O-])C(CO)P(=O)([O-])[O-].O=P([O-])([O-])C(CO)P(=O)([O-])[O-].[Fe+3].[Fe+3].[Fe+3].[Fe+3]. The molecule has 3 N–H and O–H groups in total. The molecule has 0 heterocycles. The van der Waals surface area contributed by atoms with Gasteiger partial charge in [-0.25, -0.2) is 0 Å². The molecule has 0 aliphatic heterocycles. The Labute approximate surface area is 250 Å². The Morgan fingerprint density at radius 1 is 0.351 bits per heavy atom. The van der Waals surface area contributed by atoms with Gasteiger partial charge in [0, 0.05) is 16.2 Å². The van der Waals surface area contributed by atoms with Crippen LogP contribution in [0.2, 0.25) is 0 Å². The van der Waals surface area contributed by atoms with Crippen molar-refractivity contribution in [1.82, 2.24) is 0 Å². The van der Waals surface area contributed by atoms with E-state index in [0.717, 1.165) is 0 Å². The third-order valence-electron chi connectivity index (χ3n) is 2.68. The summed E-state index contributed by atoms with van der Waals surface area (Å²) in [5.74, 6) is 0. The van der Waals surface area contributed by atoms with Crippen LogP contribution in [-0.4, -0.2) is 51.3 Å². The summed E-state index contributed by atoms with van der Waals surface area (Å²) >= 11 is 0. The maximum Gasteiger partial charge on any atom is 3.00 e. The first-order chi connectivity index (χ1) is 14.1. The summed E-state index contributed by atoms with van der Waals surface area (Å²) in [7, 11) is -33.2. The molecule has 4 radical (unpaired) electrons. The Kier molecular flexibility index (Phi) is 32.4. The molecule has 0 atom stereocenters. The van der Waals surface area contributed by atoms with E-state index in [-0.39, 0.29) is 68.3 Å². The fourth-order valence-electron chi connectivity index (χ4n) is 1.12. The van der Waals surface area contributed by atoms with Crippen molar-refractivity contribution in [2.75, 3.05) is 19.8 Å². The molecule has 0 saturated carbocycles. The van der Waals surface area contributed by atoms with Crippen LogP contribution in [0.3, 0.4) is 0 Å². The first-order valence-electron chi connectivity index (χ1n) is 7.01. The van der Waals surface area contributed by atoms with Gasteiger partial charge in [0.1, 0.15) is 0 Å². The quantitative estimate of drug-likeness (QED) is 0.143. The number of rotatable bonds is 9. The molecule has 37 heavy (non-hydrogen) atoms. The Morgan fingerprint density at radius 3 is 0.432 bits per heavy atom. The van der Waals surface area contributed by atoms with E-state index in [1.54, 1.807) is 0 Å². The number of hydrogen-bond acceptors (Lipinski definition) is 21. The molecule has 0 aromatic heterocycles. The van der Waals surface area contributed by atoms with E-state index in [4.69, 9.17) is 15.3 Å². The molecule has 0 aromatic carbocycles. The van der Waals surface area contributed by atoms with Crippen molar-refractivity contribution < 1.29 is 170 Å². The minimum absolute atomic E-state index is 0. The van der Waals surface area contributed by atoms with Gasteiger partial charge in [-0.05, 0) is 0 Å². The van der Waals surface area contributed by atoms with Crippen molar-refractivity contribution in [2.45, 2.75) is 16.2 Å². The van der Waals surface area contributed by atoms with Gasteiger partial charge in [0.25, 0.3) is 0 Å². The average molecular weight is 829 g/mol. The minimum Gasteiger partial charge on any atom is -0.810 e. The first-order valence-corrected chi connectivity index (χ1v) is 16.7. The van der Waals surface area contributed by atoms with Crippen LogP contribution in [0.15, 0.2) is 0 Å². The molecule has 0 aliphatic carbocycles. The summed E-state index contributed by atoms with van der Waals surface area (Å²) in [6.07, 6.45) is 0. The van der Waals surface area contributed by atoms with E-state index in [1.165, 1.54) is 0 Å². The summed E-state index contributed by atoms with van der Waals surface area (Å²) in [6.45, 7) is -4.47. The van der Waals surface area contributed by atoms with Crippen LogP contribution >= 0.6 is 45.6 Å². The third kappa shape index (κ3) is 26.2. The molecule has 21 nitrogen and oxygen atoms in total. The van der Waals surface area contributed by atoms with Gasteiger partial charge < -0.3 is 101 Å². The van der Waals surface area contributed by atoms with Crippen LogP contribution < -0.4 is 58.7 Å². The maximum absolute atomic E-state index is 9.95. The van der Waals surface area contributed by atoms with Crippen LogP contribution in [0.1, 0.15) is 0 Å². The molecule has 0 unspecified atom stereocenters. The fraction of sp³-hybridized carbons (Fsp3) is 1.00. The largest absolute Gasteiger partial charge is 3.00 e. The average Bonchev–Trinajstić information content (AvgIpc) is 2.40. The molecule has 0 spiro atoms. The molecule has 224 valence electrons. The zero-order valence-corrected chi connectivity index (χ0v) is 26.4. The predicted molar refractivity (Wildman–Crippen MR) is 78.3 cm³/mol. The minimum atomic E-state index is -5.54. The number of aliphatic hydroxyl groups is 3. The van der Waals surface area contributed by atoms with Crippen LogP contribution in [-0.2, 0) is 95.7 Å². The van der Waals surface area contributed by atoms with Gasteiger partial charge in [-0.2, -0.15) is 0 Å². The molecule has 0 bridgehead atoms. The van der Waals surface area contributed by atoms with Crippen LogP contribution in [0.5, 0.6) is 0 Å². The van der Waals surface area contributed by atoms with Crippen molar-refractivity contribution in [3.8, 4) is 0 Å². The monoisotopic (exact) mass is 830 g/mol. The molecule has 0 fully saturated rings. The van der Waals surface area contributed by atoms with Crippen LogP contribution in [0, 0.1) is 0 Å². The summed E-state index contributed by atoms with van der Waals surface area (Å²) in [5, 5.41) is 15.9. The molecule has 0 saturated heterocycles. The molecular weight excluding hydrogens is 817 g/mol. The second kappa shape index (κ2) is 21.5. The second-order valence-electron chi connectivity index (χ2n) is 5.23. The van der Waals surface area contributed by atoms with Crippen molar-refractivity contribution in [3.05, 3.63) is 0 Å². The molecule has 0 aromatic rings. The van der Waals surface area contributed by atoms with E-state index in [2.05, 4.69) is 0 Å². The van der Waals surface area contributed by atoms with Gasteiger partial charge in [-0.3, -0.25) is 0 Å². The van der Waals surface area contributed by atoms with Gasteiger partial charge >= 0.3 is 68.3 Å². The zero-order valence-electron chi connectivity index (χ0n) is 16.6. The summed E-state index contributed by atoms with van der Waals surface area (Å²) in [4.78, 5) is 119. The van der Waals surface area contributed by atoms with Gasteiger partial charge in [0.2, 0.25) is 0 Å². The topological polar surface area (TPSA) is 440 Å². The zero-order chi connectivity index (χ0) is 27.9. The van der Waals surface area contributed by atoms with Crippen molar-refractivity contribution in [1.29, 1.82) is 0 Å². The second-order valence-corrected chi connectivity index (χ2v) is 16.7. The summed E-state index contributed by atoms with van der Waals surface area (Å²) in [5.41, 5.74) is 0. The van der Waals surface area contributed by atoms with E-state index in [9.17, 15) is 86.1 Å². The van der Waals surface area contributed by atoms with Crippen molar-refractivity contribution in [3.63, 3.8) is 0 Å². The Morgan fingerprint density at radius 2 is 0.432 bits per heavy atom. The van der Waals surface area contributed by atoms with Gasteiger partial charge in [0.05, 0.1) is 19.8 Å². The number of hydrogen-bond donors (Lipinski definition) is 3. The molecule has 0 rings (SSSR count). The van der Waals surface area contributed by atoms with E-state index in [0.29, 0.717) is 0 Å². The Hall–Kier alpha value is 2.86. The molecule has 31 heteroatoms. The van der Waals surface area contributed by atoms with Crippen LogP contribution in [0.25, 0.3) is 0 Å². The summed E-state index contributed by atoms with van der Waals surface area (Å²) in [6, 6.07) is 0. The molecular formula is C6H12Fe4O21P6. The maximum atomic E-state index is 9.95. The standard InChI is InChI=1S/3C2H8O7P2.4Fe/c3*3-1-2(10(4,5)6)11(7,8)9;;;;/h3*2-3H,1H2,(H2,4,5,6)(H2,7,8,9);;;;/q;;;4*+3/p-12. The van der Waals surface area contributed by atoms with Gasteiger partial charge in [-0.15, -0.1) is 0 Å². The molecule has 0 aliphatic rings. The van der Waals surface area contributed by atoms with Crippen molar-refractivity contribution >= 4 is 45.6 Å². The smallest absolute Gasteiger partial charge is 0.810 e. The predicted octanol–water partition coefficient (Wildman–Crippen LogP) is -11.6. The third-order valence-corrected chi connectivity index (χ3v) is 13.1.